The van der Waals surface area contributed by atoms with Crippen LogP contribution in [0.25, 0.3) is 0 Å². The van der Waals surface area contributed by atoms with Gasteiger partial charge in [0.2, 0.25) is 0 Å². The maximum absolute atomic E-state index is 13.1. The second-order valence-corrected chi connectivity index (χ2v) is 5.43. The van der Waals surface area contributed by atoms with Gasteiger partial charge in [0.05, 0.1) is 0 Å². The fourth-order valence-corrected chi connectivity index (χ4v) is 2.37. The molecule has 2 aromatic rings. The second kappa shape index (κ2) is 6.26. The van der Waals surface area contributed by atoms with E-state index in [-0.39, 0.29) is 11.9 Å². The van der Waals surface area contributed by atoms with Crippen molar-refractivity contribution < 1.29 is 4.39 Å². The van der Waals surface area contributed by atoms with Crippen molar-refractivity contribution in [2.24, 2.45) is 0 Å². The zero-order valence-electron chi connectivity index (χ0n) is 11.0. The number of hydrogen-bond acceptors (Lipinski definition) is 2. The fraction of sp³-hybridized carbons (Fsp3) is 0.267. The summed E-state index contributed by atoms with van der Waals surface area (Å²) in [6.45, 7) is 1.93. The SMILES string of the molecule is CNC(Cc1ccc(Br)cn1)c1ccc(F)cc1C. The van der Waals surface area contributed by atoms with Crippen LogP contribution >= 0.6 is 15.9 Å². The molecule has 0 radical (unpaired) electrons. The Morgan fingerprint density at radius 3 is 2.68 bits per heavy atom. The number of rotatable bonds is 4. The molecule has 19 heavy (non-hydrogen) atoms. The molecule has 0 amide bonds. The number of pyridine rings is 1. The monoisotopic (exact) mass is 322 g/mol. The molecule has 2 nitrogen and oxygen atoms in total. The van der Waals surface area contributed by atoms with Crippen molar-refractivity contribution >= 4 is 15.9 Å². The topological polar surface area (TPSA) is 24.9 Å². The third-order valence-corrected chi connectivity index (χ3v) is 3.63. The number of aromatic nitrogens is 1. The standard InChI is InChI=1S/C15H16BrFN2/c1-10-7-12(17)4-6-14(10)15(18-2)8-13-5-3-11(16)9-19-13/h3-7,9,15,18H,8H2,1-2H3. The Morgan fingerprint density at radius 2 is 2.11 bits per heavy atom. The first-order chi connectivity index (χ1) is 9.10. The highest BCUT2D eigenvalue weighted by Gasteiger charge is 2.13. The van der Waals surface area contributed by atoms with E-state index in [1.807, 2.05) is 32.2 Å². The van der Waals surface area contributed by atoms with E-state index >= 15 is 0 Å². The van der Waals surface area contributed by atoms with E-state index in [1.165, 1.54) is 6.07 Å². The predicted octanol–water partition coefficient (Wildman–Crippen LogP) is 3.79. The van der Waals surface area contributed by atoms with Crippen molar-refractivity contribution in [1.82, 2.24) is 10.3 Å². The Hall–Kier alpha value is -1.26. The predicted molar refractivity (Wildman–Crippen MR) is 78.6 cm³/mol. The van der Waals surface area contributed by atoms with Crippen LogP contribution < -0.4 is 5.32 Å². The summed E-state index contributed by atoms with van der Waals surface area (Å²) < 4.78 is 14.1. The van der Waals surface area contributed by atoms with E-state index in [2.05, 4.69) is 26.2 Å². The summed E-state index contributed by atoms with van der Waals surface area (Å²) in [5.74, 6) is -0.196. The first-order valence-electron chi connectivity index (χ1n) is 6.14. The third-order valence-electron chi connectivity index (χ3n) is 3.16. The van der Waals surface area contributed by atoms with Crippen molar-refractivity contribution in [3.05, 3.63) is 63.6 Å². The van der Waals surface area contributed by atoms with Gasteiger partial charge in [-0.15, -0.1) is 0 Å². The lowest BCUT2D eigenvalue weighted by molar-refractivity contribution is 0.575. The molecular weight excluding hydrogens is 307 g/mol. The Labute approximate surface area is 121 Å². The molecule has 1 unspecified atom stereocenters. The molecule has 1 heterocycles. The van der Waals surface area contributed by atoms with Gasteiger partial charge in [-0.25, -0.2) is 4.39 Å². The molecule has 0 aliphatic rings. The smallest absolute Gasteiger partial charge is 0.123 e. The zero-order chi connectivity index (χ0) is 13.8. The van der Waals surface area contributed by atoms with Crippen LogP contribution in [0.15, 0.2) is 41.0 Å². The van der Waals surface area contributed by atoms with Crippen LogP contribution in [0.5, 0.6) is 0 Å². The van der Waals surface area contributed by atoms with Crippen molar-refractivity contribution in [1.29, 1.82) is 0 Å². The van der Waals surface area contributed by atoms with Crippen molar-refractivity contribution in [3.8, 4) is 0 Å². The number of benzene rings is 1. The summed E-state index contributed by atoms with van der Waals surface area (Å²) in [6.07, 6.45) is 2.57. The number of nitrogens with zero attached hydrogens (tertiary/aromatic N) is 1. The van der Waals surface area contributed by atoms with Gasteiger partial charge in [0.15, 0.2) is 0 Å². The van der Waals surface area contributed by atoms with Gasteiger partial charge in [0, 0.05) is 28.8 Å². The van der Waals surface area contributed by atoms with Gasteiger partial charge in [-0.05, 0) is 65.3 Å². The van der Waals surface area contributed by atoms with Crippen molar-refractivity contribution in [2.45, 2.75) is 19.4 Å². The van der Waals surface area contributed by atoms with E-state index < -0.39 is 0 Å². The van der Waals surface area contributed by atoms with Gasteiger partial charge in [-0.3, -0.25) is 4.98 Å². The summed E-state index contributed by atoms with van der Waals surface area (Å²) in [7, 11) is 1.91. The van der Waals surface area contributed by atoms with Gasteiger partial charge in [0.1, 0.15) is 5.82 Å². The highest BCUT2D eigenvalue weighted by atomic mass is 79.9. The minimum absolute atomic E-state index is 0.134. The number of likely N-dealkylation sites (N-methyl/N-ethyl adjacent to an activating group) is 1. The Balaban J connectivity index is 2.22. The summed E-state index contributed by atoms with van der Waals surface area (Å²) in [5.41, 5.74) is 3.07. The number of nitrogens with one attached hydrogen (secondary N) is 1. The first kappa shape index (κ1) is 14.2. The normalized spacial score (nSPS) is 12.4. The molecule has 1 aromatic heterocycles. The molecule has 1 atom stereocenters. The van der Waals surface area contributed by atoms with Crippen LogP contribution in [0.2, 0.25) is 0 Å². The third kappa shape index (κ3) is 3.61. The average molecular weight is 323 g/mol. The molecular formula is C15H16BrFN2. The van der Waals surface area contributed by atoms with Crippen LogP contribution in [-0.4, -0.2) is 12.0 Å². The average Bonchev–Trinajstić information content (AvgIpc) is 2.39. The summed E-state index contributed by atoms with van der Waals surface area (Å²) in [5, 5.41) is 3.27. The van der Waals surface area contributed by atoms with Crippen LogP contribution in [-0.2, 0) is 6.42 Å². The fourth-order valence-electron chi connectivity index (χ4n) is 2.13. The number of aryl methyl sites for hydroxylation is 1. The minimum Gasteiger partial charge on any atom is -0.313 e. The molecule has 0 aliphatic carbocycles. The molecule has 0 saturated carbocycles. The molecule has 1 aromatic carbocycles. The van der Waals surface area contributed by atoms with Crippen LogP contribution in [0.4, 0.5) is 4.39 Å². The highest BCUT2D eigenvalue weighted by molar-refractivity contribution is 9.10. The Kier molecular flexibility index (Phi) is 4.66. The van der Waals surface area contributed by atoms with E-state index in [0.29, 0.717) is 0 Å². The summed E-state index contributed by atoms with van der Waals surface area (Å²) in [6, 6.07) is 9.01. The summed E-state index contributed by atoms with van der Waals surface area (Å²) >= 11 is 3.37. The lowest BCUT2D eigenvalue weighted by atomic mass is 9.97. The van der Waals surface area contributed by atoms with E-state index in [4.69, 9.17) is 0 Å². The molecule has 100 valence electrons. The molecule has 0 fully saturated rings. The molecule has 0 aliphatic heterocycles. The van der Waals surface area contributed by atoms with E-state index in [9.17, 15) is 4.39 Å². The molecule has 0 bridgehead atoms. The highest BCUT2D eigenvalue weighted by Crippen LogP contribution is 2.22. The summed E-state index contributed by atoms with van der Waals surface area (Å²) in [4.78, 5) is 4.38. The molecule has 2 rings (SSSR count). The van der Waals surface area contributed by atoms with Gasteiger partial charge >= 0.3 is 0 Å². The minimum atomic E-state index is -0.196. The van der Waals surface area contributed by atoms with Gasteiger partial charge in [-0.1, -0.05) is 6.07 Å². The number of hydrogen-bond donors (Lipinski definition) is 1. The van der Waals surface area contributed by atoms with Crippen LogP contribution in [0.1, 0.15) is 22.9 Å². The van der Waals surface area contributed by atoms with Crippen LogP contribution in [0, 0.1) is 12.7 Å². The van der Waals surface area contributed by atoms with Crippen molar-refractivity contribution in [2.75, 3.05) is 7.05 Å². The molecule has 0 spiro atoms. The maximum atomic E-state index is 13.1. The lowest BCUT2D eigenvalue weighted by Gasteiger charge is -2.18. The molecule has 4 heteroatoms. The Bertz CT molecular complexity index is 555. The van der Waals surface area contributed by atoms with Gasteiger partial charge in [-0.2, -0.15) is 0 Å². The molecule has 1 N–H and O–H groups in total. The van der Waals surface area contributed by atoms with Gasteiger partial charge in [0.25, 0.3) is 0 Å². The van der Waals surface area contributed by atoms with Gasteiger partial charge < -0.3 is 5.32 Å². The number of halogens is 2. The largest absolute Gasteiger partial charge is 0.313 e. The maximum Gasteiger partial charge on any atom is 0.123 e. The quantitative estimate of drug-likeness (QED) is 0.926. The lowest BCUT2D eigenvalue weighted by Crippen LogP contribution is -2.20. The first-order valence-corrected chi connectivity index (χ1v) is 6.93. The van der Waals surface area contributed by atoms with Crippen molar-refractivity contribution in [3.63, 3.8) is 0 Å². The van der Waals surface area contributed by atoms with Crippen LogP contribution in [0.3, 0.4) is 0 Å². The van der Waals surface area contributed by atoms with E-state index in [0.717, 1.165) is 27.7 Å². The van der Waals surface area contributed by atoms with E-state index in [1.54, 1.807) is 12.3 Å². The zero-order valence-corrected chi connectivity index (χ0v) is 12.5. The second-order valence-electron chi connectivity index (χ2n) is 4.51. The Morgan fingerprint density at radius 1 is 1.32 bits per heavy atom. The molecule has 0 saturated heterocycles.